The lowest BCUT2D eigenvalue weighted by Crippen LogP contribution is -2.37. The highest BCUT2D eigenvalue weighted by Crippen LogP contribution is 2.28. The molecule has 2 N–H and O–H groups in total. The van der Waals surface area contributed by atoms with E-state index in [1.807, 2.05) is 30.3 Å². The van der Waals surface area contributed by atoms with Gasteiger partial charge in [0.2, 0.25) is 11.7 Å². The number of furan rings is 1. The summed E-state index contributed by atoms with van der Waals surface area (Å²) >= 11 is 0. The summed E-state index contributed by atoms with van der Waals surface area (Å²) in [4.78, 5) is 4.42. The Morgan fingerprint density at radius 2 is 2.14 bits per heavy atom. The Kier molecular flexibility index (Phi) is 2.98. The smallest absolute Gasteiger partial charge is 0.238 e. The first kappa shape index (κ1) is 12.6. The molecule has 0 aliphatic carbocycles. The maximum atomic E-state index is 6.09. The van der Waals surface area contributed by atoms with Crippen molar-refractivity contribution in [3.8, 4) is 11.6 Å². The Bertz CT molecular complexity index is 731. The monoisotopic (exact) mass is 285 g/mol. The Morgan fingerprint density at radius 1 is 1.24 bits per heavy atom. The van der Waals surface area contributed by atoms with Crippen molar-refractivity contribution in [2.45, 2.75) is 18.4 Å². The number of nitrogens with zero attached hydrogens (tertiary/aromatic N) is 2. The Morgan fingerprint density at radius 3 is 3.00 bits per heavy atom. The van der Waals surface area contributed by atoms with Gasteiger partial charge in [0.15, 0.2) is 5.76 Å². The summed E-state index contributed by atoms with van der Waals surface area (Å²) in [5.74, 6) is 1.50. The van der Waals surface area contributed by atoms with Crippen LogP contribution in [0.1, 0.15) is 18.2 Å². The van der Waals surface area contributed by atoms with E-state index >= 15 is 0 Å². The van der Waals surface area contributed by atoms with Crippen LogP contribution in [0.25, 0.3) is 22.6 Å². The molecule has 6 heteroatoms. The lowest BCUT2D eigenvalue weighted by Gasteiger charge is -2.25. The van der Waals surface area contributed by atoms with E-state index in [2.05, 4.69) is 10.1 Å². The summed E-state index contributed by atoms with van der Waals surface area (Å²) in [6, 6.07) is 9.67. The standard InChI is InChI=1S/C15H15N3O3/c16-11-5-6-19-8-10(11)15-17-14(18-21-15)13-7-9-3-1-2-4-12(9)20-13/h1-4,7,10-11H,5-6,8,16H2. The third-order valence-electron chi connectivity index (χ3n) is 3.81. The van der Waals surface area contributed by atoms with Crippen molar-refractivity contribution in [1.82, 2.24) is 10.1 Å². The molecule has 0 amide bonds. The van der Waals surface area contributed by atoms with Gasteiger partial charge in [0.1, 0.15) is 5.58 Å². The van der Waals surface area contributed by atoms with E-state index in [0.717, 1.165) is 17.4 Å². The second-order valence-electron chi connectivity index (χ2n) is 5.24. The first-order valence-corrected chi connectivity index (χ1v) is 6.97. The molecule has 21 heavy (non-hydrogen) atoms. The van der Waals surface area contributed by atoms with Crippen LogP contribution in [0.15, 0.2) is 39.3 Å². The van der Waals surface area contributed by atoms with Gasteiger partial charge in [-0.2, -0.15) is 4.98 Å². The molecule has 3 heterocycles. The fraction of sp³-hybridized carbons (Fsp3) is 0.333. The van der Waals surface area contributed by atoms with E-state index in [4.69, 9.17) is 19.4 Å². The molecular formula is C15H15N3O3. The number of para-hydroxylation sites is 1. The third-order valence-corrected chi connectivity index (χ3v) is 3.81. The summed E-state index contributed by atoms with van der Waals surface area (Å²) in [5, 5.41) is 5.01. The van der Waals surface area contributed by atoms with Crippen molar-refractivity contribution in [3.63, 3.8) is 0 Å². The topological polar surface area (TPSA) is 87.3 Å². The highest BCUT2D eigenvalue weighted by Gasteiger charge is 2.29. The van der Waals surface area contributed by atoms with Crippen molar-refractivity contribution in [1.29, 1.82) is 0 Å². The van der Waals surface area contributed by atoms with Gasteiger partial charge in [-0.25, -0.2) is 0 Å². The molecule has 1 saturated heterocycles. The van der Waals surface area contributed by atoms with Gasteiger partial charge in [0, 0.05) is 18.0 Å². The molecule has 6 nitrogen and oxygen atoms in total. The van der Waals surface area contributed by atoms with Gasteiger partial charge >= 0.3 is 0 Å². The van der Waals surface area contributed by atoms with Crippen LogP contribution in [0, 0.1) is 0 Å². The van der Waals surface area contributed by atoms with Crippen molar-refractivity contribution in [3.05, 3.63) is 36.2 Å². The number of aromatic nitrogens is 2. The molecule has 2 atom stereocenters. The molecular weight excluding hydrogens is 270 g/mol. The van der Waals surface area contributed by atoms with Gasteiger partial charge in [-0.1, -0.05) is 23.4 Å². The highest BCUT2D eigenvalue weighted by atomic mass is 16.5. The van der Waals surface area contributed by atoms with Crippen LogP contribution in [0.4, 0.5) is 0 Å². The number of ether oxygens (including phenoxy) is 1. The number of fused-ring (bicyclic) bond motifs is 1. The molecule has 2 aromatic heterocycles. The molecule has 2 unspecified atom stereocenters. The summed E-state index contributed by atoms with van der Waals surface area (Å²) in [5.41, 5.74) is 6.89. The van der Waals surface area contributed by atoms with E-state index in [9.17, 15) is 0 Å². The quantitative estimate of drug-likeness (QED) is 0.777. The van der Waals surface area contributed by atoms with E-state index in [0.29, 0.717) is 30.7 Å². The molecule has 1 fully saturated rings. The van der Waals surface area contributed by atoms with Gasteiger partial charge in [-0.15, -0.1) is 0 Å². The number of hydrogen-bond donors (Lipinski definition) is 1. The van der Waals surface area contributed by atoms with Crippen LogP contribution in [0.5, 0.6) is 0 Å². The molecule has 1 aliphatic rings. The first-order valence-electron chi connectivity index (χ1n) is 6.97. The average Bonchev–Trinajstić information content (AvgIpc) is 3.14. The minimum Gasteiger partial charge on any atom is -0.453 e. The predicted octanol–water partition coefficient (Wildman–Crippen LogP) is 2.31. The van der Waals surface area contributed by atoms with Crippen LogP contribution in [-0.2, 0) is 4.74 Å². The van der Waals surface area contributed by atoms with Crippen molar-refractivity contribution in [2.75, 3.05) is 13.2 Å². The molecule has 0 saturated carbocycles. The first-order chi connectivity index (χ1) is 10.3. The zero-order valence-corrected chi connectivity index (χ0v) is 11.4. The number of rotatable bonds is 2. The number of hydrogen-bond acceptors (Lipinski definition) is 6. The molecule has 3 aromatic rings. The van der Waals surface area contributed by atoms with Gasteiger partial charge in [0.05, 0.1) is 12.5 Å². The third kappa shape index (κ3) is 2.22. The maximum absolute atomic E-state index is 6.09. The molecule has 0 radical (unpaired) electrons. The Balaban J connectivity index is 1.67. The lowest BCUT2D eigenvalue weighted by molar-refractivity contribution is 0.0590. The fourth-order valence-electron chi connectivity index (χ4n) is 2.59. The van der Waals surface area contributed by atoms with Crippen LogP contribution in [-0.4, -0.2) is 29.4 Å². The summed E-state index contributed by atoms with van der Waals surface area (Å²) < 4.78 is 16.5. The van der Waals surface area contributed by atoms with E-state index < -0.39 is 0 Å². The molecule has 0 bridgehead atoms. The molecule has 4 rings (SSSR count). The minimum absolute atomic E-state index is 0.0114. The van der Waals surface area contributed by atoms with Gasteiger partial charge in [-0.05, 0) is 18.6 Å². The second-order valence-corrected chi connectivity index (χ2v) is 5.24. The summed E-state index contributed by atoms with van der Waals surface area (Å²) in [7, 11) is 0. The van der Waals surface area contributed by atoms with Gasteiger partial charge in [0.25, 0.3) is 0 Å². The molecule has 1 aromatic carbocycles. The normalized spacial score (nSPS) is 22.7. The van der Waals surface area contributed by atoms with Crippen molar-refractivity contribution < 1.29 is 13.7 Å². The van der Waals surface area contributed by atoms with Crippen LogP contribution < -0.4 is 5.73 Å². The van der Waals surface area contributed by atoms with E-state index in [-0.39, 0.29) is 12.0 Å². The van der Waals surface area contributed by atoms with Gasteiger partial charge in [-0.3, -0.25) is 0 Å². The lowest BCUT2D eigenvalue weighted by atomic mass is 9.97. The second kappa shape index (κ2) is 4.98. The number of nitrogens with two attached hydrogens (primary N) is 1. The summed E-state index contributed by atoms with van der Waals surface area (Å²) in [6.07, 6.45) is 0.799. The molecule has 108 valence electrons. The van der Waals surface area contributed by atoms with Crippen LogP contribution in [0.2, 0.25) is 0 Å². The summed E-state index contributed by atoms with van der Waals surface area (Å²) in [6.45, 7) is 1.20. The SMILES string of the molecule is NC1CCOCC1c1nc(-c2cc3ccccc3o2)no1. The predicted molar refractivity (Wildman–Crippen MR) is 75.7 cm³/mol. The largest absolute Gasteiger partial charge is 0.453 e. The highest BCUT2D eigenvalue weighted by molar-refractivity contribution is 5.81. The number of benzene rings is 1. The van der Waals surface area contributed by atoms with E-state index in [1.54, 1.807) is 0 Å². The Hall–Kier alpha value is -2.18. The van der Waals surface area contributed by atoms with Crippen molar-refractivity contribution >= 4 is 11.0 Å². The van der Waals surface area contributed by atoms with E-state index in [1.165, 1.54) is 0 Å². The fourth-order valence-corrected chi connectivity index (χ4v) is 2.59. The molecule has 0 spiro atoms. The maximum Gasteiger partial charge on any atom is 0.238 e. The van der Waals surface area contributed by atoms with Gasteiger partial charge < -0.3 is 19.4 Å². The zero-order chi connectivity index (χ0) is 14.2. The van der Waals surface area contributed by atoms with Crippen LogP contribution >= 0.6 is 0 Å². The van der Waals surface area contributed by atoms with Crippen LogP contribution in [0.3, 0.4) is 0 Å². The Labute approximate surface area is 120 Å². The average molecular weight is 285 g/mol. The molecule has 1 aliphatic heterocycles. The minimum atomic E-state index is -0.0515. The zero-order valence-electron chi connectivity index (χ0n) is 11.4. The van der Waals surface area contributed by atoms with Crippen molar-refractivity contribution in [2.24, 2.45) is 5.73 Å².